The molecule has 1 amide bonds. The summed E-state index contributed by atoms with van der Waals surface area (Å²) in [7, 11) is -0.532. The number of nitrogens with one attached hydrogen (secondary N) is 1. The number of para-hydroxylation sites is 1. The molecule has 1 aromatic rings. The topological polar surface area (TPSA) is 29.1 Å². The molecule has 22 heavy (non-hydrogen) atoms. The average molecular weight is 317 g/mol. The van der Waals surface area contributed by atoms with Gasteiger partial charge in [-0.25, -0.2) is 0 Å². The first-order chi connectivity index (χ1) is 10.8. The highest BCUT2D eigenvalue weighted by Crippen LogP contribution is 2.56. The first kappa shape index (κ1) is 16.0. The van der Waals surface area contributed by atoms with E-state index in [9.17, 15) is 4.79 Å². The molecule has 2 aliphatic carbocycles. The number of hydrogen-bond donors (Lipinski definition) is 1. The number of amides is 1. The van der Waals surface area contributed by atoms with E-state index in [0.717, 1.165) is 5.69 Å². The van der Waals surface area contributed by atoms with E-state index in [1.165, 1.54) is 64.2 Å². The van der Waals surface area contributed by atoms with Crippen molar-refractivity contribution in [3.63, 3.8) is 0 Å². The first-order valence-electron chi connectivity index (χ1n) is 8.99. The quantitative estimate of drug-likeness (QED) is 0.643. The van der Waals surface area contributed by atoms with Crippen molar-refractivity contribution in [1.82, 2.24) is 0 Å². The lowest BCUT2D eigenvalue weighted by Gasteiger charge is -2.37. The Morgan fingerprint density at radius 1 is 0.818 bits per heavy atom. The van der Waals surface area contributed by atoms with Gasteiger partial charge in [-0.15, -0.1) is 0 Å². The highest BCUT2D eigenvalue weighted by atomic mass is 31.1. The molecule has 0 atom stereocenters. The van der Waals surface area contributed by atoms with Gasteiger partial charge in [0.1, 0.15) is 0 Å². The third-order valence-corrected chi connectivity index (χ3v) is 8.38. The molecule has 0 aliphatic heterocycles. The van der Waals surface area contributed by atoms with Crippen LogP contribution in [0.15, 0.2) is 30.3 Å². The zero-order valence-electron chi connectivity index (χ0n) is 13.5. The van der Waals surface area contributed by atoms with Crippen molar-refractivity contribution in [2.45, 2.75) is 75.5 Å². The second-order valence-electron chi connectivity index (χ2n) is 6.79. The maximum absolute atomic E-state index is 13.0. The van der Waals surface area contributed by atoms with Gasteiger partial charge in [0.15, 0.2) is 0 Å². The summed E-state index contributed by atoms with van der Waals surface area (Å²) in [5.41, 5.74) is 2.66. The predicted octanol–water partition coefficient (Wildman–Crippen LogP) is 6.37. The number of hydrogen-bond acceptors (Lipinski definition) is 1. The van der Waals surface area contributed by atoms with Crippen LogP contribution < -0.4 is 5.32 Å². The van der Waals surface area contributed by atoms with Crippen molar-refractivity contribution in [3.8, 4) is 0 Å². The largest absolute Gasteiger partial charge is 0.322 e. The van der Waals surface area contributed by atoms with Gasteiger partial charge in [0.2, 0.25) is 5.65 Å². The van der Waals surface area contributed by atoms with Crippen LogP contribution >= 0.6 is 7.92 Å². The highest BCUT2D eigenvalue weighted by molar-refractivity contribution is 7.76. The van der Waals surface area contributed by atoms with E-state index < -0.39 is 7.92 Å². The minimum Gasteiger partial charge on any atom is -0.322 e. The minimum atomic E-state index is -0.532. The number of rotatable bonds is 4. The zero-order chi connectivity index (χ0) is 15.2. The number of carbonyl (C=O) groups excluding carboxylic acids is 1. The van der Waals surface area contributed by atoms with Crippen LogP contribution in [0.3, 0.4) is 0 Å². The van der Waals surface area contributed by atoms with Crippen molar-refractivity contribution >= 4 is 19.3 Å². The highest BCUT2D eigenvalue weighted by Gasteiger charge is 2.36. The van der Waals surface area contributed by atoms with E-state index in [4.69, 9.17) is 0 Å². The molecule has 120 valence electrons. The summed E-state index contributed by atoms with van der Waals surface area (Å²) in [6, 6.07) is 10.0. The van der Waals surface area contributed by atoms with Crippen LogP contribution in [0.2, 0.25) is 0 Å². The molecular formula is C19H28NOP. The fourth-order valence-electron chi connectivity index (χ4n) is 4.06. The van der Waals surface area contributed by atoms with Gasteiger partial charge in [0.25, 0.3) is 0 Å². The molecule has 1 aromatic carbocycles. The molecule has 2 fully saturated rings. The molecule has 0 spiro atoms. The van der Waals surface area contributed by atoms with E-state index in [1.54, 1.807) is 0 Å². The second kappa shape index (κ2) is 8.11. The summed E-state index contributed by atoms with van der Waals surface area (Å²) >= 11 is 0. The van der Waals surface area contributed by atoms with E-state index in [2.05, 4.69) is 5.32 Å². The molecular weight excluding hydrogens is 289 g/mol. The van der Waals surface area contributed by atoms with Gasteiger partial charge in [0.05, 0.1) is 0 Å². The monoisotopic (exact) mass is 317 g/mol. The van der Waals surface area contributed by atoms with Crippen LogP contribution in [0.1, 0.15) is 64.2 Å². The van der Waals surface area contributed by atoms with Gasteiger partial charge in [0, 0.05) is 5.69 Å². The Balaban J connectivity index is 1.72. The molecule has 3 rings (SSSR count). The lowest BCUT2D eigenvalue weighted by Crippen LogP contribution is -2.26. The van der Waals surface area contributed by atoms with Gasteiger partial charge < -0.3 is 5.32 Å². The molecule has 0 unspecified atom stereocenters. The summed E-state index contributed by atoms with van der Waals surface area (Å²) < 4.78 is 0. The van der Waals surface area contributed by atoms with Crippen LogP contribution in [0.25, 0.3) is 0 Å². The molecule has 0 aromatic heterocycles. The van der Waals surface area contributed by atoms with Crippen LogP contribution in [0.4, 0.5) is 10.5 Å². The molecule has 1 N–H and O–H groups in total. The summed E-state index contributed by atoms with van der Waals surface area (Å²) in [6.45, 7) is 0. The first-order valence-corrected chi connectivity index (χ1v) is 10.5. The van der Waals surface area contributed by atoms with E-state index in [-0.39, 0.29) is 0 Å². The summed E-state index contributed by atoms with van der Waals surface area (Å²) in [5, 5.41) is 3.23. The van der Waals surface area contributed by atoms with Crippen molar-refractivity contribution in [2.24, 2.45) is 0 Å². The molecule has 0 heterocycles. The van der Waals surface area contributed by atoms with Gasteiger partial charge in [-0.3, -0.25) is 4.79 Å². The molecule has 2 nitrogen and oxygen atoms in total. The van der Waals surface area contributed by atoms with E-state index in [0.29, 0.717) is 17.0 Å². The summed E-state index contributed by atoms with van der Waals surface area (Å²) in [5.74, 6) is 0. The number of benzene rings is 1. The summed E-state index contributed by atoms with van der Waals surface area (Å²) in [4.78, 5) is 13.0. The normalized spacial score (nSPS) is 21.0. The van der Waals surface area contributed by atoms with Gasteiger partial charge in [-0.2, -0.15) is 0 Å². The van der Waals surface area contributed by atoms with Crippen LogP contribution in [0, 0.1) is 0 Å². The van der Waals surface area contributed by atoms with Crippen LogP contribution in [-0.4, -0.2) is 17.0 Å². The predicted molar refractivity (Wildman–Crippen MR) is 96.1 cm³/mol. The molecule has 0 radical (unpaired) electrons. The minimum absolute atomic E-state index is 0.347. The fraction of sp³-hybridized carbons (Fsp3) is 0.632. The van der Waals surface area contributed by atoms with Crippen molar-refractivity contribution in [1.29, 1.82) is 0 Å². The smallest absolute Gasteiger partial charge is 0.245 e. The molecule has 2 saturated carbocycles. The van der Waals surface area contributed by atoms with Crippen molar-refractivity contribution in [2.75, 3.05) is 5.32 Å². The third kappa shape index (κ3) is 4.10. The Kier molecular flexibility index (Phi) is 5.89. The zero-order valence-corrected chi connectivity index (χ0v) is 14.4. The average Bonchev–Trinajstić information content (AvgIpc) is 2.58. The van der Waals surface area contributed by atoms with Crippen molar-refractivity contribution < 1.29 is 4.79 Å². The van der Waals surface area contributed by atoms with E-state index in [1.807, 2.05) is 30.3 Å². The molecule has 2 aliphatic rings. The SMILES string of the molecule is O=C(Nc1ccccc1)P(C1CCCCC1)C1CCCCC1. The van der Waals surface area contributed by atoms with Gasteiger partial charge in [-0.1, -0.05) is 56.7 Å². The lowest BCUT2D eigenvalue weighted by atomic mass is 9.99. The fourth-order valence-corrected chi connectivity index (χ4v) is 7.42. The van der Waals surface area contributed by atoms with Gasteiger partial charge >= 0.3 is 0 Å². The lowest BCUT2D eigenvalue weighted by molar-refractivity contribution is 0.268. The van der Waals surface area contributed by atoms with Crippen LogP contribution in [0.5, 0.6) is 0 Å². The maximum Gasteiger partial charge on any atom is 0.245 e. The third-order valence-electron chi connectivity index (χ3n) is 5.20. The maximum atomic E-state index is 13.0. The molecule has 3 heteroatoms. The Labute approximate surface area is 135 Å². The van der Waals surface area contributed by atoms with E-state index >= 15 is 0 Å². The number of carbonyl (C=O) groups is 1. The van der Waals surface area contributed by atoms with Gasteiger partial charge in [-0.05, 0) is 57.1 Å². The Morgan fingerprint density at radius 2 is 1.32 bits per heavy atom. The Hall–Kier alpha value is -0.880. The standard InChI is InChI=1S/C19H28NOP/c21-19(20-16-10-4-1-5-11-16)22(17-12-6-2-7-13-17)18-14-8-3-9-15-18/h1,4-5,10-11,17-18H,2-3,6-9,12-15H2,(H,20,21). The van der Waals surface area contributed by atoms with Crippen LogP contribution in [-0.2, 0) is 0 Å². The van der Waals surface area contributed by atoms with Crippen molar-refractivity contribution in [3.05, 3.63) is 30.3 Å². The summed E-state index contributed by atoms with van der Waals surface area (Å²) in [6.07, 6.45) is 13.2. The molecule has 0 bridgehead atoms. The Bertz CT molecular complexity index is 446. The Morgan fingerprint density at radius 3 is 1.82 bits per heavy atom. The molecule has 0 saturated heterocycles. The second-order valence-corrected chi connectivity index (χ2v) is 9.47. The number of anilines is 1.